The maximum Gasteiger partial charge on any atom is 0.297 e. The van der Waals surface area contributed by atoms with Crippen molar-refractivity contribution >= 4 is 20.2 Å². The van der Waals surface area contributed by atoms with Crippen LogP contribution in [0.2, 0.25) is 0 Å². The zero-order valence-electron chi connectivity index (χ0n) is 22.2. The molecule has 0 bridgehead atoms. The third kappa shape index (κ3) is 6.80. The highest BCUT2D eigenvalue weighted by Gasteiger charge is 2.51. The Hall–Kier alpha value is -1.90. The number of hydrogen-bond acceptors (Lipinski definition) is 10. The summed E-state index contributed by atoms with van der Waals surface area (Å²) in [5.74, 6) is -2.13. The third-order valence-electron chi connectivity index (χ3n) is 6.21. The van der Waals surface area contributed by atoms with Crippen molar-refractivity contribution < 1.29 is 44.1 Å². The highest BCUT2D eigenvalue weighted by molar-refractivity contribution is 7.87. The summed E-state index contributed by atoms with van der Waals surface area (Å²) >= 11 is 0. The average molecular weight is 571 g/mol. The number of rotatable bonds is 9. The lowest BCUT2D eigenvalue weighted by molar-refractivity contribution is -0.175. The van der Waals surface area contributed by atoms with Crippen LogP contribution in [-0.2, 0) is 47.5 Å². The Kier molecular flexibility index (Phi) is 8.10. The molecular weight excluding hydrogens is 536 g/mol. The van der Waals surface area contributed by atoms with Gasteiger partial charge < -0.3 is 18.9 Å². The number of ether oxygens (including phenoxy) is 4. The maximum atomic E-state index is 13.4. The van der Waals surface area contributed by atoms with Crippen molar-refractivity contribution in [2.75, 3.05) is 13.2 Å². The Bertz CT molecular complexity index is 1230. The highest BCUT2D eigenvalue weighted by Crippen LogP contribution is 2.35. The Morgan fingerprint density at radius 3 is 1.24 bits per heavy atom. The fraction of sp³-hybridized carbons (Fsp3) is 0.538. The summed E-state index contributed by atoms with van der Waals surface area (Å²) in [5, 5.41) is 0. The van der Waals surface area contributed by atoms with Gasteiger partial charge in [0, 0.05) is 0 Å². The molecule has 0 saturated carbocycles. The van der Waals surface area contributed by atoms with Crippen LogP contribution < -0.4 is 0 Å². The van der Waals surface area contributed by atoms with Crippen LogP contribution >= 0.6 is 0 Å². The van der Waals surface area contributed by atoms with Crippen LogP contribution in [0.15, 0.2) is 58.3 Å². The van der Waals surface area contributed by atoms with Crippen molar-refractivity contribution in [3.8, 4) is 0 Å². The largest absolute Gasteiger partial charge is 0.348 e. The molecule has 210 valence electrons. The minimum Gasteiger partial charge on any atom is -0.348 e. The first-order valence-corrected chi connectivity index (χ1v) is 15.0. The van der Waals surface area contributed by atoms with Gasteiger partial charge in [0.1, 0.15) is 24.4 Å². The van der Waals surface area contributed by atoms with Gasteiger partial charge in [0.05, 0.1) is 23.0 Å². The monoisotopic (exact) mass is 570 g/mol. The van der Waals surface area contributed by atoms with E-state index in [1.165, 1.54) is 24.3 Å². The van der Waals surface area contributed by atoms with E-state index in [0.717, 1.165) is 11.1 Å². The zero-order valence-corrected chi connectivity index (χ0v) is 23.9. The minimum absolute atomic E-state index is 0.0670. The van der Waals surface area contributed by atoms with Gasteiger partial charge >= 0.3 is 0 Å². The number of benzene rings is 2. The summed E-state index contributed by atoms with van der Waals surface area (Å²) in [6.45, 7) is 10.2. The van der Waals surface area contributed by atoms with E-state index >= 15 is 0 Å². The standard InChI is InChI=1S/C26H34O10S2/c1-17-7-11-19(12-8-17)37(27,28)35-23(21-15-31-25(3,4)33-21)24(22-16-32-26(5,6)34-22)36-38(29,30)20-13-9-18(2)10-14-20/h7-14,21-24H,15-16H2,1-6H3/t21-,22-,23-,24-/m1/s1. The average Bonchev–Trinajstić information content (AvgIpc) is 3.37. The molecule has 0 amide bonds. The highest BCUT2D eigenvalue weighted by atomic mass is 32.2. The van der Waals surface area contributed by atoms with Crippen molar-refractivity contribution in [1.29, 1.82) is 0 Å². The van der Waals surface area contributed by atoms with E-state index in [2.05, 4.69) is 0 Å². The molecule has 0 aromatic heterocycles. The molecule has 0 aliphatic carbocycles. The van der Waals surface area contributed by atoms with Crippen LogP contribution in [0.5, 0.6) is 0 Å². The third-order valence-corrected chi connectivity index (χ3v) is 8.86. The molecular formula is C26H34O10S2. The van der Waals surface area contributed by atoms with Crippen LogP contribution in [0.1, 0.15) is 38.8 Å². The van der Waals surface area contributed by atoms with Gasteiger partial charge in [0.15, 0.2) is 11.6 Å². The molecule has 2 aliphatic rings. The van der Waals surface area contributed by atoms with Crippen LogP contribution in [0.3, 0.4) is 0 Å². The molecule has 2 aliphatic heterocycles. The number of hydrogen-bond donors (Lipinski definition) is 0. The van der Waals surface area contributed by atoms with Gasteiger partial charge in [-0.3, -0.25) is 8.37 Å². The summed E-state index contributed by atoms with van der Waals surface area (Å²) in [6.07, 6.45) is -4.94. The second-order valence-electron chi connectivity index (χ2n) is 10.4. The van der Waals surface area contributed by atoms with Crippen molar-refractivity contribution in [2.24, 2.45) is 0 Å². The van der Waals surface area contributed by atoms with Crippen molar-refractivity contribution in [2.45, 2.75) is 87.3 Å². The molecule has 10 nitrogen and oxygen atoms in total. The van der Waals surface area contributed by atoms with E-state index in [1.54, 1.807) is 52.0 Å². The van der Waals surface area contributed by atoms with Crippen LogP contribution in [-0.4, -0.2) is 66.0 Å². The van der Waals surface area contributed by atoms with Crippen molar-refractivity contribution in [3.05, 3.63) is 59.7 Å². The van der Waals surface area contributed by atoms with Gasteiger partial charge in [0.2, 0.25) is 0 Å². The molecule has 4 rings (SSSR count). The Morgan fingerprint density at radius 2 is 0.974 bits per heavy atom. The molecule has 4 atom stereocenters. The van der Waals surface area contributed by atoms with Crippen molar-refractivity contribution in [3.63, 3.8) is 0 Å². The molecule has 2 aromatic carbocycles. The SMILES string of the molecule is Cc1ccc(S(=O)(=O)O[C@@H]([C@H](OS(=O)(=O)c2ccc(C)cc2)[C@H]2COC(C)(C)O2)[C@H]2COC(C)(C)O2)cc1. The normalized spacial score (nSPS) is 24.8. The lowest BCUT2D eigenvalue weighted by Crippen LogP contribution is -2.51. The molecule has 2 heterocycles. The molecule has 0 spiro atoms. The molecule has 2 saturated heterocycles. The summed E-state index contributed by atoms with van der Waals surface area (Å²) in [5.41, 5.74) is 1.72. The first-order chi connectivity index (χ1) is 17.6. The molecule has 0 unspecified atom stereocenters. The Balaban J connectivity index is 1.76. The molecule has 0 radical (unpaired) electrons. The van der Waals surface area contributed by atoms with Crippen LogP contribution in [0.25, 0.3) is 0 Å². The van der Waals surface area contributed by atoms with E-state index < -0.39 is 56.2 Å². The second kappa shape index (κ2) is 10.6. The van der Waals surface area contributed by atoms with E-state index in [9.17, 15) is 16.8 Å². The molecule has 38 heavy (non-hydrogen) atoms. The predicted molar refractivity (Wildman–Crippen MR) is 136 cm³/mol. The van der Waals surface area contributed by atoms with E-state index in [-0.39, 0.29) is 23.0 Å². The molecule has 2 fully saturated rings. The molecule has 2 aromatic rings. The van der Waals surface area contributed by atoms with Gasteiger partial charge in [0.25, 0.3) is 20.2 Å². The molecule has 0 N–H and O–H groups in total. The summed E-state index contributed by atoms with van der Waals surface area (Å²) in [4.78, 5) is -0.203. The fourth-order valence-corrected chi connectivity index (χ4v) is 6.44. The summed E-state index contributed by atoms with van der Waals surface area (Å²) < 4.78 is 88.3. The quantitative estimate of drug-likeness (QED) is 0.414. The van der Waals surface area contributed by atoms with Crippen LogP contribution in [0.4, 0.5) is 0 Å². The zero-order chi connectivity index (χ0) is 27.9. The van der Waals surface area contributed by atoms with Gasteiger partial charge in [-0.1, -0.05) is 35.4 Å². The van der Waals surface area contributed by atoms with Gasteiger partial charge in [-0.2, -0.15) is 16.8 Å². The Morgan fingerprint density at radius 1 is 0.658 bits per heavy atom. The first kappa shape index (κ1) is 29.1. The van der Waals surface area contributed by atoms with Gasteiger partial charge in [-0.25, -0.2) is 0 Å². The summed E-state index contributed by atoms with van der Waals surface area (Å²) in [7, 11) is -8.77. The first-order valence-electron chi connectivity index (χ1n) is 12.2. The smallest absolute Gasteiger partial charge is 0.297 e. The van der Waals surface area contributed by atoms with E-state index in [0.29, 0.717) is 0 Å². The van der Waals surface area contributed by atoms with E-state index in [4.69, 9.17) is 27.3 Å². The van der Waals surface area contributed by atoms with E-state index in [1.807, 2.05) is 13.8 Å². The van der Waals surface area contributed by atoms with Gasteiger partial charge in [-0.05, 0) is 65.8 Å². The van der Waals surface area contributed by atoms with Crippen LogP contribution in [0, 0.1) is 13.8 Å². The lowest BCUT2D eigenvalue weighted by atomic mass is 10.0. The summed E-state index contributed by atoms with van der Waals surface area (Å²) in [6, 6.07) is 12.2. The molecule has 12 heteroatoms. The fourth-order valence-electron chi connectivity index (χ4n) is 4.22. The topological polar surface area (TPSA) is 124 Å². The number of aryl methyl sites for hydroxylation is 2. The minimum atomic E-state index is -4.39. The van der Waals surface area contributed by atoms with Crippen molar-refractivity contribution in [1.82, 2.24) is 0 Å². The predicted octanol–water partition coefficient (Wildman–Crippen LogP) is 3.45. The second-order valence-corrected chi connectivity index (χ2v) is 13.5. The Labute approximate surface area is 224 Å². The van der Waals surface area contributed by atoms with Gasteiger partial charge in [-0.15, -0.1) is 0 Å². The lowest BCUT2D eigenvalue weighted by Gasteiger charge is -2.33. The maximum absolute atomic E-state index is 13.4.